The molecule has 0 bridgehead atoms. The third kappa shape index (κ3) is 10.6. The molecule has 9 atom stereocenters. The lowest BCUT2D eigenvalue weighted by molar-refractivity contribution is -0.383. The van der Waals surface area contributed by atoms with Gasteiger partial charge >= 0.3 is 17.9 Å². The number of aliphatic hydroxyl groups is 5. The van der Waals surface area contributed by atoms with Gasteiger partial charge in [0.1, 0.15) is 61.0 Å². The predicted molar refractivity (Wildman–Crippen MR) is 192 cm³/mol. The third-order valence-electron chi connectivity index (χ3n) is 8.65. The van der Waals surface area contributed by atoms with Gasteiger partial charge in [0.25, 0.3) is 0 Å². The zero-order valence-electron chi connectivity index (χ0n) is 29.4. The Balaban J connectivity index is 1.34. The fourth-order valence-electron chi connectivity index (χ4n) is 5.66. The predicted octanol–water partition coefficient (Wildman–Crippen LogP) is 0.514. The average Bonchev–Trinajstić information content (AvgIpc) is 3.45. The second kappa shape index (κ2) is 18.8. The first-order valence-corrected chi connectivity index (χ1v) is 17.1. The number of esters is 3. The Kier molecular flexibility index (Phi) is 13.9. The van der Waals surface area contributed by atoms with Gasteiger partial charge in [-0.25, -0.2) is 14.4 Å². The van der Waals surface area contributed by atoms with Gasteiger partial charge in [0.2, 0.25) is 12.1 Å². The molecule has 0 aromatic heterocycles. The van der Waals surface area contributed by atoms with E-state index in [1.165, 1.54) is 91.0 Å². The van der Waals surface area contributed by atoms with Crippen molar-refractivity contribution in [1.82, 2.24) is 0 Å². The molecule has 298 valence electrons. The summed E-state index contributed by atoms with van der Waals surface area (Å²) in [6, 6.07) is 17.4. The minimum atomic E-state index is -2.56. The molecule has 0 aliphatic carbocycles. The summed E-state index contributed by atoms with van der Waals surface area (Å²) in [5, 5.41) is 82.6. The smallest absolute Gasteiger partial charge is 0.331 e. The van der Waals surface area contributed by atoms with Crippen LogP contribution in [-0.4, -0.2) is 133 Å². The first kappa shape index (κ1) is 41.5. The van der Waals surface area contributed by atoms with Crippen LogP contribution in [0.1, 0.15) is 16.7 Å². The van der Waals surface area contributed by atoms with Crippen molar-refractivity contribution in [1.29, 1.82) is 0 Å². The zero-order chi connectivity index (χ0) is 40.4. The molecular weight excluding hydrogens is 740 g/mol. The van der Waals surface area contributed by atoms with E-state index in [9.17, 15) is 55.2 Å². The van der Waals surface area contributed by atoms with E-state index in [0.717, 1.165) is 18.2 Å². The van der Waals surface area contributed by atoms with Crippen LogP contribution in [0.5, 0.6) is 17.2 Å². The summed E-state index contributed by atoms with van der Waals surface area (Å²) in [7, 11) is 0. The first-order chi connectivity index (χ1) is 26.8. The Morgan fingerprint density at radius 1 is 0.625 bits per heavy atom. The Labute approximate surface area is 319 Å². The number of rotatable bonds is 14. The quantitative estimate of drug-likeness (QED) is 0.0629. The normalized spacial score (nSPS) is 27.8. The average molecular weight is 781 g/mol. The van der Waals surface area contributed by atoms with Gasteiger partial charge in [-0.3, -0.25) is 0 Å². The number of aliphatic hydroxyl groups excluding tert-OH is 5. The molecule has 0 saturated carbocycles. The molecule has 5 rings (SSSR count). The van der Waals surface area contributed by atoms with Gasteiger partial charge in [0, 0.05) is 18.2 Å². The molecule has 2 fully saturated rings. The second-order valence-electron chi connectivity index (χ2n) is 12.6. The number of hydrogen-bond donors (Lipinski definition) is 8. The molecule has 2 heterocycles. The highest BCUT2D eigenvalue weighted by molar-refractivity contribution is 5.88. The van der Waals surface area contributed by atoms with Crippen molar-refractivity contribution in [3.8, 4) is 17.2 Å². The van der Waals surface area contributed by atoms with Crippen molar-refractivity contribution in [2.75, 3.05) is 19.8 Å². The molecular formula is C39H40O17. The van der Waals surface area contributed by atoms with Crippen LogP contribution in [0.15, 0.2) is 91.0 Å². The largest absolute Gasteiger partial charge is 0.508 e. The van der Waals surface area contributed by atoms with Crippen molar-refractivity contribution < 1.29 is 83.7 Å². The molecule has 8 N–H and O–H groups in total. The minimum absolute atomic E-state index is 0.0000660. The van der Waals surface area contributed by atoms with Crippen LogP contribution in [0.3, 0.4) is 0 Å². The molecule has 0 amide bonds. The fourth-order valence-corrected chi connectivity index (χ4v) is 5.66. The van der Waals surface area contributed by atoms with E-state index < -0.39 is 92.5 Å². The van der Waals surface area contributed by atoms with Crippen molar-refractivity contribution in [3.63, 3.8) is 0 Å². The van der Waals surface area contributed by atoms with E-state index in [4.69, 9.17) is 28.4 Å². The lowest BCUT2D eigenvalue weighted by atomic mass is 9.98. The fraction of sp³-hybridized carbons (Fsp3) is 0.308. The molecule has 17 heteroatoms. The van der Waals surface area contributed by atoms with Crippen LogP contribution in [-0.2, 0) is 42.8 Å². The summed E-state index contributed by atoms with van der Waals surface area (Å²) < 4.78 is 33.4. The Morgan fingerprint density at radius 3 is 1.52 bits per heavy atom. The topological polar surface area (TPSA) is 268 Å². The lowest BCUT2D eigenvalue weighted by Crippen LogP contribution is -2.63. The number of phenolic OH excluding ortho intramolecular Hbond substituents is 3. The Bertz CT molecular complexity index is 1870. The van der Waals surface area contributed by atoms with E-state index in [0.29, 0.717) is 16.7 Å². The van der Waals surface area contributed by atoms with Gasteiger partial charge in [-0.05, 0) is 71.3 Å². The number of aromatic hydroxyl groups is 3. The third-order valence-corrected chi connectivity index (χ3v) is 8.65. The van der Waals surface area contributed by atoms with Crippen LogP contribution in [0.25, 0.3) is 18.2 Å². The second-order valence-corrected chi connectivity index (χ2v) is 12.6. The van der Waals surface area contributed by atoms with E-state index >= 15 is 0 Å². The monoisotopic (exact) mass is 780 g/mol. The lowest BCUT2D eigenvalue weighted by Gasteiger charge is -2.44. The summed E-state index contributed by atoms with van der Waals surface area (Å²) >= 11 is 0. The number of carbonyl (C=O) groups excluding carboxylic acids is 3. The maximum absolute atomic E-state index is 13.0. The molecule has 2 aliphatic heterocycles. The molecule has 0 unspecified atom stereocenters. The molecule has 0 spiro atoms. The summed E-state index contributed by atoms with van der Waals surface area (Å²) in [6.45, 7) is -2.73. The highest BCUT2D eigenvalue weighted by Gasteiger charge is 2.60. The van der Waals surface area contributed by atoms with Gasteiger partial charge in [-0.15, -0.1) is 0 Å². The van der Waals surface area contributed by atoms with Crippen LogP contribution in [0.2, 0.25) is 0 Å². The van der Waals surface area contributed by atoms with Gasteiger partial charge in [0.05, 0.1) is 6.61 Å². The van der Waals surface area contributed by atoms with Crippen molar-refractivity contribution in [3.05, 3.63) is 108 Å². The highest BCUT2D eigenvalue weighted by atomic mass is 16.8. The highest BCUT2D eigenvalue weighted by Crippen LogP contribution is 2.38. The maximum atomic E-state index is 13.0. The number of benzene rings is 3. The van der Waals surface area contributed by atoms with E-state index in [1.807, 2.05) is 0 Å². The van der Waals surface area contributed by atoms with E-state index in [-0.39, 0.29) is 17.2 Å². The minimum Gasteiger partial charge on any atom is -0.508 e. The number of carbonyl (C=O) groups is 3. The Hall–Kier alpha value is -5.63. The van der Waals surface area contributed by atoms with E-state index in [1.54, 1.807) is 0 Å². The van der Waals surface area contributed by atoms with Crippen LogP contribution in [0, 0.1) is 0 Å². The van der Waals surface area contributed by atoms with Crippen LogP contribution >= 0.6 is 0 Å². The van der Waals surface area contributed by atoms with Gasteiger partial charge in [-0.1, -0.05) is 36.4 Å². The maximum Gasteiger partial charge on any atom is 0.331 e. The van der Waals surface area contributed by atoms with Gasteiger partial charge < -0.3 is 69.3 Å². The van der Waals surface area contributed by atoms with Crippen LogP contribution in [0.4, 0.5) is 0 Å². The van der Waals surface area contributed by atoms with Crippen molar-refractivity contribution >= 4 is 36.1 Å². The molecule has 2 aliphatic rings. The standard InChI is InChI=1S/C39H40O17/c40-19-28-35(53-31(46)17-8-23-3-12-26(43)13-4-23)37(50)39(21-41,55-28)56-38-36(54-32(47)18-9-24-5-14-27(44)15-6-24)34(49)33(48)29(52-38)20-51-30(45)16-7-22-1-10-25(42)11-2-22/h1-18,28-29,33-38,40-44,48-50H,19-21H2/b16-7+,17-8+,18-9+/t28-,29-,33-,34+,35-,36-,37+,38-,39+/m0/s1. The molecule has 56 heavy (non-hydrogen) atoms. The van der Waals surface area contributed by atoms with Gasteiger partial charge in [-0.2, -0.15) is 0 Å². The van der Waals surface area contributed by atoms with Crippen LogP contribution < -0.4 is 0 Å². The molecule has 0 radical (unpaired) electrons. The summed E-state index contributed by atoms with van der Waals surface area (Å²) in [5.41, 5.74) is 1.53. The molecule has 17 nitrogen and oxygen atoms in total. The summed E-state index contributed by atoms with van der Waals surface area (Å²) in [6.07, 6.45) is -7.45. The molecule has 2 saturated heterocycles. The summed E-state index contributed by atoms with van der Waals surface area (Å²) in [5.74, 6) is -5.55. The SMILES string of the molecule is O=C(/C=C/c1ccc(O)cc1)OC[C@@H]1O[C@@H](O[C@@]2(CO)O[C@@H](CO)[C@H](OC(=O)/C=C/c3ccc(O)cc3)[C@H]2O)[C@@H](OC(=O)/C=C/c2ccc(O)cc2)[C@H](O)[C@H]1O. The first-order valence-electron chi connectivity index (χ1n) is 17.1. The molecule has 3 aromatic rings. The number of hydrogen-bond acceptors (Lipinski definition) is 17. The van der Waals surface area contributed by atoms with E-state index in [2.05, 4.69) is 0 Å². The molecule has 3 aromatic carbocycles. The summed E-state index contributed by atoms with van der Waals surface area (Å²) in [4.78, 5) is 38.2. The Morgan fingerprint density at radius 2 is 1.07 bits per heavy atom. The number of phenols is 3. The number of ether oxygens (including phenoxy) is 6. The van der Waals surface area contributed by atoms with Crippen molar-refractivity contribution in [2.45, 2.75) is 54.8 Å². The van der Waals surface area contributed by atoms with Gasteiger partial charge in [0.15, 0.2) is 12.2 Å². The van der Waals surface area contributed by atoms with Crippen molar-refractivity contribution in [2.24, 2.45) is 0 Å². The zero-order valence-corrected chi connectivity index (χ0v) is 29.4.